The van der Waals surface area contributed by atoms with E-state index in [2.05, 4.69) is 21.2 Å². The molecular formula is C15H23BrN2O2. The summed E-state index contributed by atoms with van der Waals surface area (Å²) in [7, 11) is 0. The number of halogens is 1. The van der Waals surface area contributed by atoms with E-state index in [4.69, 9.17) is 0 Å². The van der Waals surface area contributed by atoms with Crippen molar-refractivity contribution in [3.05, 3.63) is 22.4 Å². The van der Waals surface area contributed by atoms with Crippen LogP contribution in [0.25, 0.3) is 0 Å². The molecule has 0 saturated heterocycles. The first-order valence-electron chi connectivity index (χ1n) is 7.29. The van der Waals surface area contributed by atoms with E-state index in [9.17, 15) is 9.90 Å². The molecule has 2 rings (SSSR count). The average Bonchev–Trinajstić information content (AvgIpc) is 2.79. The van der Waals surface area contributed by atoms with Crippen LogP contribution in [0.4, 0.5) is 0 Å². The van der Waals surface area contributed by atoms with Gasteiger partial charge < -0.3 is 15.0 Å². The van der Waals surface area contributed by atoms with Gasteiger partial charge in [0.2, 0.25) is 0 Å². The Kier molecular flexibility index (Phi) is 4.91. The SMILES string of the molecule is CC(C)n1cc(Br)cc1C(=O)NCC1(O)CCCCC1. The molecule has 0 spiro atoms. The fraction of sp³-hybridized carbons (Fsp3) is 0.667. The predicted octanol–water partition coefficient (Wildman–Crippen LogP) is 3.26. The van der Waals surface area contributed by atoms with E-state index in [0.29, 0.717) is 12.2 Å². The average molecular weight is 343 g/mol. The Labute approximate surface area is 128 Å². The Bertz CT molecular complexity index is 476. The molecule has 20 heavy (non-hydrogen) atoms. The van der Waals surface area contributed by atoms with Gasteiger partial charge in [-0.15, -0.1) is 0 Å². The summed E-state index contributed by atoms with van der Waals surface area (Å²) in [5.74, 6) is -0.122. The molecule has 2 N–H and O–H groups in total. The molecule has 1 amide bonds. The minimum Gasteiger partial charge on any atom is -0.388 e. The zero-order valence-electron chi connectivity index (χ0n) is 12.2. The molecule has 1 aliphatic rings. The second kappa shape index (κ2) is 6.31. The van der Waals surface area contributed by atoms with Crippen molar-refractivity contribution in [2.24, 2.45) is 0 Å². The number of hydrogen-bond donors (Lipinski definition) is 2. The Balaban J connectivity index is 2.01. The van der Waals surface area contributed by atoms with Gasteiger partial charge in [-0.25, -0.2) is 0 Å². The monoisotopic (exact) mass is 342 g/mol. The van der Waals surface area contributed by atoms with Crippen molar-refractivity contribution in [2.75, 3.05) is 6.54 Å². The molecule has 1 aliphatic carbocycles. The zero-order chi connectivity index (χ0) is 14.8. The molecule has 0 radical (unpaired) electrons. The fourth-order valence-corrected chi connectivity index (χ4v) is 3.21. The van der Waals surface area contributed by atoms with Crippen LogP contribution >= 0.6 is 15.9 Å². The van der Waals surface area contributed by atoms with Crippen LogP contribution in [0.2, 0.25) is 0 Å². The van der Waals surface area contributed by atoms with Crippen molar-refractivity contribution >= 4 is 21.8 Å². The summed E-state index contributed by atoms with van der Waals surface area (Å²) < 4.78 is 2.83. The Hall–Kier alpha value is -0.810. The highest BCUT2D eigenvalue weighted by Gasteiger charge is 2.30. The number of hydrogen-bond acceptors (Lipinski definition) is 2. The standard InChI is InChI=1S/C15H23BrN2O2/c1-11(2)18-9-12(16)8-13(18)14(19)17-10-15(20)6-4-3-5-7-15/h8-9,11,20H,3-7,10H2,1-2H3,(H,17,19). The number of nitrogens with one attached hydrogen (secondary N) is 1. The van der Waals surface area contributed by atoms with Gasteiger partial charge >= 0.3 is 0 Å². The lowest BCUT2D eigenvalue weighted by Gasteiger charge is -2.32. The van der Waals surface area contributed by atoms with Crippen molar-refractivity contribution in [1.29, 1.82) is 0 Å². The van der Waals surface area contributed by atoms with E-state index in [1.165, 1.54) is 6.42 Å². The number of carbonyl (C=O) groups excluding carboxylic acids is 1. The van der Waals surface area contributed by atoms with E-state index < -0.39 is 5.60 Å². The summed E-state index contributed by atoms with van der Waals surface area (Å²) in [5.41, 5.74) is -0.0910. The maximum Gasteiger partial charge on any atom is 0.268 e. The summed E-state index contributed by atoms with van der Waals surface area (Å²) in [6.45, 7) is 4.42. The number of aromatic nitrogens is 1. The van der Waals surface area contributed by atoms with Crippen molar-refractivity contribution in [3.63, 3.8) is 0 Å². The van der Waals surface area contributed by atoms with Gasteiger partial charge in [0, 0.05) is 23.3 Å². The molecule has 0 bridgehead atoms. The van der Waals surface area contributed by atoms with Crippen LogP contribution in [0, 0.1) is 0 Å². The minimum atomic E-state index is -0.722. The number of nitrogens with zero attached hydrogens (tertiary/aromatic N) is 1. The van der Waals surface area contributed by atoms with Crippen LogP contribution in [-0.4, -0.2) is 27.7 Å². The Morgan fingerprint density at radius 3 is 2.70 bits per heavy atom. The van der Waals surface area contributed by atoms with E-state index >= 15 is 0 Å². The van der Waals surface area contributed by atoms with Crippen LogP contribution in [-0.2, 0) is 0 Å². The smallest absolute Gasteiger partial charge is 0.268 e. The third-order valence-electron chi connectivity index (χ3n) is 3.97. The second-order valence-electron chi connectivity index (χ2n) is 6.01. The number of aliphatic hydroxyl groups is 1. The first-order chi connectivity index (χ1) is 9.41. The number of carbonyl (C=O) groups is 1. The van der Waals surface area contributed by atoms with Gasteiger partial charge in [0.05, 0.1) is 5.60 Å². The second-order valence-corrected chi connectivity index (χ2v) is 6.93. The molecule has 1 saturated carbocycles. The number of amides is 1. The summed E-state index contributed by atoms with van der Waals surface area (Å²) in [6, 6.07) is 2.04. The molecular weight excluding hydrogens is 320 g/mol. The van der Waals surface area contributed by atoms with Crippen LogP contribution < -0.4 is 5.32 Å². The van der Waals surface area contributed by atoms with Gasteiger partial charge in [-0.2, -0.15) is 0 Å². The predicted molar refractivity (Wildman–Crippen MR) is 82.9 cm³/mol. The molecule has 0 aromatic carbocycles. The highest BCUT2D eigenvalue weighted by molar-refractivity contribution is 9.10. The van der Waals surface area contributed by atoms with Crippen molar-refractivity contribution in [2.45, 2.75) is 57.6 Å². The molecule has 0 atom stereocenters. The topological polar surface area (TPSA) is 54.3 Å². The van der Waals surface area contributed by atoms with E-state index in [0.717, 1.165) is 30.2 Å². The lowest BCUT2D eigenvalue weighted by Crippen LogP contribution is -2.44. The number of rotatable bonds is 4. The highest BCUT2D eigenvalue weighted by atomic mass is 79.9. The van der Waals surface area contributed by atoms with E-state index in [1.807, 2.05) is 30.7 Å². The van der Waals surface area contributed by atoms with Crippen LogP contribution in [0.1, 0.15) is 62.5 Å². The van der Waals surface area contributed by atoms with Gasteiger partial charge in [-0.1, -0.05) is 19.3 Å². The lowest BCUT2D eigenvalue weighted by molar-refractivity contribution is 0.00516. The summed E-state index contributed by atoms with van der Waals surface area (Å²) >= 11 is 3.41. The van der Waals surface area contributed by atoms with Gasteiger partial charge in [0.1, 0.15) is 5.69 Å². The Morgan fingerprint density at radius 1 is 1.45 bits per heavy atom. The van der Waals surface area contributed by atoms with Crippen molar-refractivity contribution in [1.82, 2.24) is 9.88 Å². The van der Waals surface area contributed by atoms with E-state index in [1.54, 1.807) is 0 Å². The molecule has 1 aromatic heterocycles. The third-order valence-corrected chi connectivity index (χ3v) is 4.40. The summed E-state index contributed by atoms with van der Waals surface area (Å²) in [4.78, 5) is 12.3. The molecule has 1 heterocycles. The van der Waals surface area contributed by atoms with Crippen LogP contribution in [0.15, 0.2) is 16.7 Å². The summed E-state index contributed by atoms with van der Waals surface area (Å²) in [5, 5.41) is 13.3. The van der Waals surface area contributed by atoms with Crippen LogP contribution in [0.5, 0.6) is 0 Å². The molecule has 0 unspecified atom stereocenters. The van der Waals surface area contributed by atoms with E-state index in [-0.39, 0.29) is 11.9 Å². The summed E-state index contributed by atoms with van der Waals surface area (Å²) in [6.07, 6.45) is 6.74. The van der Waals surface area contributed by atoms with Gasteiger partial charge in [0.15, 0.2) is 0 Å². The molecule has 0 aliphatic heterocycles. The van der Waals surface area contributed by atoms with Crippen LogP contribution in [0.3, 0.4) is 0 Å². The first-order valence-corrected chi connectivity index (χ1v) is 8.08. The zero-order valence-corrected chi connectivity index (χ0v) is 13.7. The maximum atomic E-state index is 12.3. The molecule has 1 fully saturated rings. The highest BCUT2D eigenvalue weighted by Crippen LogP contribution is 2.27. The lowest BCUT2D eigenvalue weighted by atomic mass is 9.85. The third kappa shape index (κ3) is 3.64. The minimum absolute atomic E-state index is 0.122. The van der Waals surface area contributed by atoms with Crippen molar-refractivity contribution in [3.8, 4) is 0 Å². The maximum absolute atomic E-state index is 12.3. The first kappa shape index (κ1) is 15.6. The normalized spacial score (nSPS) is 18.2. The molecule has 5 heteroatoms. The quantitative estimate of drug-likeness (QED) is 0.882. The van der Waals surface area contributed by atoms with Crippen molar-refractivity contribution < 1.29 is 9.90 Å². The molecule has 112 valence electrons. The van der Waals surface area contributed by atoms with Gasteiger partial charge in [0.25, 0.3) is 5.91 Å². The molecule has 4 nitrogen and oxygen atoms in total. The fourth-order valence-electron chi connectivity index (χ4n) is 2.78. The Morgan fingerprint density at radius 2 is 2.10 bits per heavy atom. The molecule has 1 aromatic rings. The largest absolute Gasteiger partial charge is 0.388 e. The van der Waals surface area contributed by atoms with Gasteiger partial charge in [-0.3, -0.25) is 4.79 Å². The van der Waals surface area contributed by atoms with Gasteiger partial charge in [-0.05, 0) is 48.7 Å².